The molecule has 0 unspecified atom stereocenters. The molecule has 0 aliphatic carbocycles. The van der Waals surface area contributed by atoms with E-state index in [2.05, 4.69) is 26.6 Å². The summed E-state index contributed by atoms with van der Waals surface area (Å²) >= 11 is 1.11. The standard InChI is InChI=1S/C21H15FN6O2S/c22-16-5-1-15(2-6-16)10-24-19(29)12-31-21-27-26-20(30-21)18-11-28(13-25-18)17-7-3-14(9-23)4-8-17/h1-8,11,13H,10,12H2,(H,24,29). The molecular formula is C21H15FN6O2S. The van der Waals surface area contributed by atoms with Crippen molar-refractivity contribution in [1.29, 1.82) is 5.26 Å². The van der Waals surface area contributed by atoms with Crippen molar-refractivity contribution < 1.29 is 13.6 Å². The van der Waals surface area contributed by atoms with Crippen LogP contribution < -0.4 is 5.32 Å². The number of nitrogens with one attached hydrogen (secondary N) is 1. The monoisotopic (exact) mass is 434 g/mol. The number of nitrogens with zero attached hydrogens (tertiary/aromatic N) is 5. The van der Waals surface area contributed by atoms with Crippen LogP contribution in [0.2, 0.25) is 0 Å². The molecule has 0 spiro atoms. The van der Waals surface area contributed by atoms with E-state index in [1.165, 1.54) is 12.1 Å². The molecule has 1 N–H and O–H groups in total. The molecule has 154 valence electrons. The van der Waals surface area contributed by atoms with E-state index in [4.69, 9.17) is 9.68 Å². The zero-order chi connectivity index (χ0) is 21.6. The second-order valence-electron chi connectivity index (χ2n) is 6.39. The molecule has 8 nitrogen and oxygen atoms in total. The van der Waals surface area contributed by atoms with Crippen LogP contribution in [0.1, 0.15) is 11.1 Å². The zero-order valence-corrected chi connectivity index (χ0v) is 16.8. The third kappa shape index (κ3) is 5.15. The summed E-state index contributed by atoms with van der Waals surface area (Å²) in [7, 11) is 0. The number of nitriles is 1. The summed E-state index contributed by atoms with van der Waals surface area (Å²) in [5.74, 6) is -0.192. The lowest BCUT2D eigenvalue weighted by Gasteiger charge is -2.04. The van der Waals surface area contributed by atoms with Gasteiger partial charge in [-0.25, -0.2) is 9.37 Å². The van der Waals surface area contributed by atoms with Crippen molar-refractivity contribution in [2.75, 3.05) is 5.75 Å². The van der Waals surface area contributed by atoms with E-state index in [0.29, 0.717) is 17.8 Å². The van der Waals surface area contributed by atoms with Gasteiger partial charge in [-0.3, -0.25) is 4.79 Å². The number of carbonyl (C=O) groups excluding carboxylic acids is 1. The lowest BCUT2D eigenvalue weighted by Crippen LogP contribution is -2.24. The van der Waals surface area contributed by atoms with Gasteiger partial charge in [0.15, 0.2) is 0 Å². The molecule has 4 rings (SSSR count). The fourth-order valence-electron chi connectivity index (χ4n) is 2.64. The fourth-order valence-corrected chi connectivity index (χ4v) is 3.23. The van der Waals surface area contributed by atoms with Crippen molar-refractivity contribution in [3.63, 3.8) is 0 Å². The first-order valence-electron chi connectivity index (χ1n) is 9.13. The van der Waals surface area contributed by atoms with Crippen LogP contribution in [0.25, 0.3) is 17.3 Å². The van der Waals surface area contributed by atoms with Crippen molar-refractivity contribution in [3.05, 3.63) is 78.0 Å². The summed E-state index contributed by atoms with van der Waals surface area (Å²) in [5, 5.41) is 19.8. The molecule has 0 saturated carbocycles. The molecule has 0 radical (unpaired) electrons. The third-order valence-electron chi connectivity index (χ3n) is 4.23. The van der Waals surface area contributed by atoms with Gasteiger partial charge in [-0.05, 0) is 42.0 Å². The summed E-state index contributed by atoms with van der Waals surface area (Å²) in [6, 6.07) is 15.1. The molecule has 0 atom stereocenters. The van der Waals surface area contributed by atoms with E-state index in [1.807, 2.05) is 12.1 Å². The maximum absolute atomic E-state index is 12.9. The Labute approximate surface area is 180 Å². The van der Waals surface area contributed by atoms with Gasteiger partial charge in [0.2, 0.25) is 5.91 Å². The number of halogens is 1. The van der Waals surface area contributed by atoms with E-state index in [1.54, 1.807) is 41.4 Å². The van der Waals surface area contributed by atoms with Gasteiger partial charge in [0, 0.05) is 18.4 Å². The highest BCUT2D eigenvalue weighted by molar-refractivity contribution is 7.99. The summed E-state index contributed by atoms with van der Waals surface area (Å²) in [4.78, 5) is 16.3. The van der Waals surface area contributed by atoms with Gasteiger partial charge in [-0.15, -0.1) is 10.2 Å². The number of amides is 1. The van der Waals surface area contributed by atoms with Crippen LogP contribution in [0.15, 0.2) is 70.7 Å². The molecule has 0 fully saturated rings. The molecule has 1 amide bonds. The minimum absolute atomic E-state index is 0.0997. The van der Waals surface area contributed by atoms with Crippen molar-refractivity contribution in [2.24, 2.45) is 0 Å². The normalized spacial score (nSPS) is 10.6. The highest BCUT2D eigenvalue weighted by Gasteiger charge is 2.14. The minimum Gasteiger partial charge on any atom is -0.410 e. The second kappa shape index (κ2) is 9.23. The van der Waals surface area contributed by atoms with Crippen LogP contribution in [0.5, 0.6) is 0 Å². The van der Waals surface area contributed by atoms with Gasteiger partial charge in [-0.1, -0.05) is 23.9 Å². The number of carbonyl (C=O) groups is 1. The number of hydrogen-bond acceptors (Lipinski definition) is 7. The van der Waals surface area contributed by atoms with E-state index >= 15 is 0 Å². The molecule has 2 heterocycles. The van der Waals surface area contributed by atoms with Gasteiger partial charge in [0.25, 0.3) is 11.1 Å². The summed E-state index contributed by atoms with van der Waals surface area (Å²) in [6.45, 7) is 0.307. The molecular weight excluding hydrogens is 419 g/mol. The average molecular weight is 434 g/mol. The maximum Gasteiger partial charge on any atom is 0.277 e. The number of rotatable bonds is 7. The number of hydrogen-bond donors (Lipinski definition) is 1. The first-order chi connectivity index (χ1) is 15.1. The number of imidazole rings is 1. The van der Waals surface area contributed by atoms with Gasteiger partial charge in [0.1, 0.15) is 17.8 Å². The van der Waals surface area contributed by atoms with Gasteiger partial charge in [0.05, 0.1) is 17.4 Å². The summed E-state index contributed by atoms with van der Waals surface area (Å²) in [5.41, 5.74) is 2.70. The second-order valence-corrected chi connectivity index (χ2v) is 7.32. The van der Waals surface area contributed by atoms with Crippen LogP contribution in [-0.4, -0.2) is 31.4 Å². The van der Waals surface area contributed by atoms with Crippen molar-refractivity contribution in [3.8, 4) is 23.3 Å². The molecule has 4 aromatic rings. The fraction of sp³-hybridized carbons (Fsp3) is 0.0952. The van der Waals surface area contributed by atoms with Crippen LogP contribution >= 0.6 is 11.8 Å². The Morgan fingerprint density at radius 2 is 1.94 bits per heavy atom. The first kappa shape index (κ1) is 20.3. The lowest BCUT2D eigenvalue weighted by molar-refractivity contribution is -0.118. The largest absolute Gasteiger partial charge is 0.410 e. The first-order valence-corrected chi connectivity index (χ1v) is 10.1. The summed E-state index contributed by atoms with van der Waals surface area (Å²) < 4.78 is 20.3. The van der Waals surface area contributed by atoms with E-state index in [9.17, 15) is 9.18 Å². The van der Waals surface area contributed by atoms with Crippen LogP contribution in [-0.2, 0) is 11.3 Å². The Kier molecular flexibility index (Phi) is 6.05. The minimum atomic E-state index is -0.320. The molecule has 0 bridgehead atoms. The van der Waals surface area contributed by atoms with E-state index < -0.39 is 0 Å². The van der Waals surface area contributed by atoms with E-state index in [0.717, 1.165) is 23.0 Å². The Morgan fingerprint density at radius 1 is 1.16 bits per heavy atom. The Bertz CT molecular complexity index is 1230. The Balaban J connectivity index is 1.32. The predicted molar refractivity (Wildman–Crippen MR) is 111 cm³/mol. The molecule has 10 heteroatoms. The highest BCUT2D eigenvalue weighted by Crippen LogP contribution is 2.23. The van der Waals surface area contributed by atoms with Gasteiger partial charge >= 0.3 is 0 Å². The topological polar surface area (TPSA) is 110 Å². The maximum atomic E-state index is 12.9. The number of benzene rings is 2. The Hall–Kier alpha value is -3.97. The van der Waals surface area contributed by atoms with Crippen molar-refractivity contribution in [1.82, 2.24) is 25.1 Å². The third-order valence-corrected chi connectivity index (χ3v) is 5.05. The quantitative estimate of drug-likeness (QED) is 0.444. The Morgan fingerprint density at radius 3 is 2.68 bits per heavy atom. The molecule has 0 aliphatic rings. The van der Waals surface area contributed by atoms with Crippen molar-refractivity contribution >= 4 is 17.7 Å². The number of aromatic nitrogens is 4. The average Bonchev–Trinajstić information content (AvgIpc) is 3.47. The van der Waals surface area contributed by atoms with Gasteiger partial charge in [-0.2, -0.15) is 5.26 Å². The van der Waals surface area contributed by atoms with Gasteiger partial charge < -0.3 is 14.3 Å². The molecule has 31 heavy (non-hydrogen) atoms. The SMILES string of the molecule is N#Cc1ccc(-n2cnc(-c3nnc(SCC(=O)NCc4ccc(F)cc4)o3)c2)cc1. The zero-order valence-electron chi connectivity index (χ0n) is 16.0. The van der Waals surface area contributed by atoms with E-state index in [-0.39, 0.29) is 28.6 Å². The highest BCUT2D eigenvalue weighted by atomic mass is 32.2. The smallest absolute Gasteiger partial charge is 0.277 e. The van der Waals surface area contributed by atoms with Crippen molar-refractivity contribution in [2.45, 2.75) is 11.8 Å². The number of thioether (sulfide) groups is 1. The van der Waals surface area contributed by atoms with Crippen LogP contribution in [0.3, 0.4) is 0 Å². The lowest BCUT2D eigenvalue weighted by atomic mass is 10.2. The molecule has 0 aliphatic heterocycles. The molecule has 2 aromatic heterocycles. The van der Waals surface area contributed by atoms with Crippen LogP contribution in [0, 0.1) is 17.1 Å². The molecule has 2 aromatic carbocycles. The summed E-state index contributed by atoms with van der Waals surface area (Å²) in [6.07, 6.45) is 3.34. The molecule has 0 saturated heterocycles. The van der Waals surface area contributed by atoms with Crippen LogP contribution in [0.4, 0.5) is 4.39 Å². The predicted octanol–water partition coefficient (Wildman–Crippen LogP) is 3.34.